The van der Waals surface area contributed by atoms with E-state index in [1.807, 2.05) is 50.2 Å². The van der Waals surface area contributed by atoms with Gasteiger partial charge in [0.15, 0.2) is 0 Å². The van der Waals surface area contributed by atoms with Crippen molar-refractivity contribution in [3.05, 3.63) is 65.4 Å². The second-order valence-corrected chi connectivity index (χ2v) is 5.10. The Bertz CT molecular complexity index is 860. The van der Waals surface area contributed by atoms with Crippen molar-refractivity contribution in [2.75, 3.05) is 5.32 Å². The summed E-state index contributed by atoms with van der Waals surface area (Å²) in [4.78, 5) is 4.61. The van der Waals surface area contributed by atoms with Crippen molar-refractivity contribution in [3.63, 3.8) is 0 Å². The molecule has 1 aromatic heterocycles. The lowest BCUT2D eigenvalue weighted by Crippen LogP contribution is -1.95. The van der Waals surface area contributed by atoms with Crippen LogP contribution in [0.2, 0.25) is 0 Å². The minimum absolute atomic E-state index is 0.701. The van der Waals surface area contributed by atoms with Crippen molar-refractivity contribution >= 4 is 22.3 Å². The average molecular weight is 273 g/mol. The maximum absolute atomic E-state index is 8.99. The Labute approximate surface area is 123 Å². The summed E-state index contributed by atoms with van der Waals surface area (Å²) in [6.45, 7) is 3.93. The number of nitrogens with one attached hydrogen (secondary N) is 1. The Balaban J connectivity index is 2.04. The third kappa shape index (κ3) is 2.56. The van der Waals surface area contributed by atoms with Crippen molar-refractivity contribution in [1.29, 1.82) is 5.26 Å². The summed E-state index contributed by atoms with van der Waals surface area (Å²) in [7, 11) is 0. The highest BCUT2D eigenvalue weighted by Crippen LogP contribution is 2.26. The summed E-state index contributed by atoms with van der Waals surface area (Å²) in [5.41, 5.74) is 5.55. The third-order valence-corrected chi connectivity index (χ3v) is 3.49. The average Bonchev–Trinajstić information content (AvgIpc) is 2.48. The molecule has 0 spiro atoms. The molecule has 0 amide bonds. The Morgan fingerprint density at radius 2 is 1.90 bits per heavy atom. The van der Waals surface area contributed by atoms with Gasteiger partial charge in [-0.05, 0) is 49.7 Å². The first kappa shape index (κ1) is 13.1. The van der Waals surface area contributed by atoms with Gasteiger partial charge in [0.1, 0.15) is 0 Å². The minimum Gasteiger partial charge on any atom is -0.354 e. The second-order valence-electron chi connectivity index (χ2n) is 5.10. The van der Waals surface area contributed by atoms with Crippen LogP contribution in [0.5, 0.6) is 0 Å². The largest absolute Gasteiger partial charge is 0.354 e. The molecule has 0 radical (unpaired) electrons. The van der Waals surface area contributed by atoms with Gasteiger partial charge in [0, 0.05) is 16.8 Å². The van der Waals surface area contributed by atoms with Crippen LogP contribution in [0.1, 0.15) is 16.8 Å². The van der Waals surface area contributed by atoms with Crippen LogP contribution in [0, 0.1) is 25.2 Å². The normalized spacial score (nSPS) is 10.3. The molecule has 3 rings (SSSR count). The van der Waals surface area contributed by atoms with E-state index in [1.54, 1.807) is 0 Å². The van der Waals surface area contributed by atoms with Crippen molar-refractivity contribution in [1.82, 2.24) is 4.98 Å². The van der Waals surface area contributed by atoms with E-state index in [-0.39, 0.29) is 0 Å². The van der Waals surface area contributed by atoms with E-state index in [1.165, 1.54) is 0 Å². The Morgan fingerprint density at radius 3 is 2.67 bits per heavy atom. The molecule has 0 aliphatic heterocycles. The van der Waals surface area contributed by atoms with Gasteiger partial charge in [-0.3, -0.25) is 4.98 Å². The fourth-order valence-electron chi connectivity index (χ4n) is 2.37. The molecule has 0 atom stereocenters. The second kappa shape index (κ2) is 5.26. The Morgan fingerprint density at radius 1 is 1.05 bits per heavy atom. The van der Waals surface area contributed by atoms with Gasteiger partial charge in [0.2, 0.25) is 0 Å². The molecule has 21 heavy (non-hydrogen) atoms. The van der Waals surface area contributed by atoms with E-state index in [9.17, 15) is 0 Å². The zero-order valence-electron chi connectivity index (χ0n) is 12.0. The van der Waals surface area contributed by atoms with Gasteiger partial charge in [-0.25, -0.2) is 0 Å². The molecule has 0 bridgehead atoms. The Kier molecular flexibility index (Phi) is 3.29. The van der Waals surface area contributed by atoms with E-state index in [2.05, 4.69) is 28.5 Å². The molecule has 3 heteroatoms. The lowest BCUT2D eigenvalue weighted by Gasteiger charge is -2.10. The molecule has 1 N–H and O–H groups in total. The zero-order valence-corrected chi connectivity index (χ0v) is 12.0. The number of hydrogen-bond acceptors (Lipinski definition) is 3. The van der Waals surface area contributed by atoms with Crippen LogP contribution in [0.4, 0.5) is 11.4 Å². The summed E-state index contributed by atoms with van der Waals surface area (Å²) in [5.74, 6) is 0. The van der Waals surface area contributed by atoms with Crippen molar-refractivity contribution < 1.29 is 0 Å². The summed E-state index contributed by atoms with van der Waals surface area (Å²) < 4.78 is 0. The molecular weight excluding hydrogens is 258 g/mol. The van der Waals surface area contributed by atoms with E-state index in [0.717, 1.165) is 33.5 Å². The molecular formula is C18H15N3. The van der Waals surface area contributed by atoms with Crippen LogP contribution >= 0.6 is 0 Å². The van der Waals surface area contributed by atoms with Crippen LogP contribution in [0.15, 0.2) is 48.5 Å². The SMILES string of the molecule is Cc1ccc2cccc(Nc3ccc(C#N)c(C)c3)c2n1. The first-order valence-corrected chi connectivity index (χ1v) is 6.81. The highest BCUT2D eigenvalue weighted by atomic mass is 14.9. The van der Waals surface area contributed by atoms with Gasteiger partial charge in [-0.1, -0.05) is 18.2 Å². The van der Waals surface area contributed by atoms with Crippen LogP contribution in [0.25, 0.3) is 10.9 Å². The molecule has 0 aliphatic carbocycles. The number of nitriles is 1. The topological polar surface area (TPSA) is 48.7 Å². The monoisotopic (exact) mass is 273 g/mol. The number of anilines is 2. The van der Waals surface area contributed by atoms with Crippen LogP contribution in [-0.4, -0.2) is 4.98 Å². The predicted octanol–water partition coefficient (Wildman–Crippen LogP) is 4.47. The minimum atomic E-state index is 0.701. The molecule has 0 unspecified atom stereocenters. The number of rotatable bonds is 2. The fraction of sp³-hybridized carbons (Fsp3) is 0.111. The summed E-state index contributed by atoms with van der Waals surface area (Å²) in [5, 5.41) is 13.5. The number of benzene rings is 2. The predicted molar refractivity (Wildman–Crippen MR) is 85.7 cm³/mol. The smallest absolute Gasteiger partial charge is 0.0994 e. The van der Waals surface area contributed by atoms with Gasteiger partial charge < -0.3 is 5.32 Å². The molecule has 3 aromatic rings. The van der Waals surface area contributed by atoms with Gasteiger partial charge in [-0.2, -0.15) is 5.26 Å². The first-order chi connectivity index (χ1) is 10.2. The fourth-order valence-corrected chi connectivity index (χ4v) is 2.37. The number of pyridine rings is 1. The van der Waals surface area contributed by atoms with Crippen LogP contribution < -0.4 is 5.32 Å². The summed E-state index contributed by atoms with van der Waals surface area (Å²) in [6.07, 6.45) is 0. The molecule has 1 heterocycles. The third-order valence-electron chi connectivity index (χ3n) is 3.49. The van der Waals surface area contributed by atoms with Gasteiger partial charge in [0.25, 0.3) is 0 Å². The van der Waals surface area contributed by atoms with E-state index in [0.29, 0.717) is 5.56 Å². The van der Waals surface area contributed by atoms with Crippen molar-refractivity contribution in [2.24, 2.45) is 0 Å². The maximum atomic E-state index is 8.99. The number of aromatic nitrogens is 1. The molecule has 0 saturated heterocycles. The number of nitrogens with zero attached hydrogens (tertiary/aromatic N) is 2. The van der Waals surface area contributed by atoms with Crippen molar-refractivity contribution in [2.45, 2.75) is 13.8 Å². The lowest BCUT2D eigenvalue weighted by molar-refractivity contribution is 1.25. The number of aryl methyl sites for hydroxylation is 2. The van der Waals surface area contributed by atoms with Crippen LogP contribution in [0.3, 0.4) is 0 Å². The molecule has 2 aromatic carbocycles. The molecule has 3 nitrogen and oxygen atoms in total. The summed E-state index contributed by atoms with van der Waals surface area (Å²) in [6, 6.07) is 18.1. The molecule has 0 aliphatic rings. The molecule has 102 valence electrons. The van der Waals surface area contributed by atoms with E-state index in [4.69, 9.17) is 5.26 Å². The number of hydrogen-bond donors (Lipinski definition) is 1. The van der Waals surface area contributed by atoms with Crippen molar-refractivity contribution in [3.8, 4) is 6.07 Å². The zero-order chi connectivity index (χ0) is 14.8. The maximum Gasteiger partial charge on any atom is 0.0994 e. The van der Waals surface area contributed by atoms with Gasteiger partial charge in [0.05, 0.1) is 22.8 Å². The molecule has 0 fully saturated rings. The number of fused-ring (bicyclic) bond motifs is 1. The van der Waals surface area contributed by atoms with Gasteiger partial charge in [-0.15, -0.1) is 0 Å². The highest BCUT2D eigenvalue weighted by Gasteiger charge is 2.04. The quantitative estimate of drug-likeness (QED) is 0.749. The Hall–Kier alpha value is -2.86. The van der Waals surface area contributed by atoms with E-state index >= 15 is 0 Å². The first-order valence-electron chi connectivity index (χ1n) is 6.81. The summed E-state index contributed by atoms with van der Waals surface area (Å²) >= 11 is 0. The number of para-hydroxylation sites is 1. The van der Waals surface area contributed by atoms with Gasteiger partial charge >= 0.3 is 0 Å². The standard InChI is InChI=1S/C18H15N3/c1-12-10-16(9-8-15(12)11-19)21-17-5-3-4-14-7-6-13(2)20-18(14)17/h3-10,21H,1-2H3. The van der Waals surface area contributed by atoms with Crippen LogP contribution in [-0.2, 0) is 0 Å². The van der Waals surface area contributed by atoms with E-state index < -0.39 is 0 Å². The highest BCUT2D eigenvalue weighted by molar-refractivity contribution is 5.92. The lowest BCUT2D eigenvalue weighted by atomic mass is 10.1. The molecule has 0 saturated carbocycles.